The van der Waals surface area contributed by atoms with Crippen LogP contribution in [0, 0.1) is 18.2 Å². The van der Waals surface area contributed by atoms with Crippen LogP contribution in [0.15, 0.2) is 24.3 Å². The molecule has 1 rings (SSSR count). The molecule has 0 aliphatic carbocycles. The third kappa shape index (κ3) is 3.89. The molecule has 0 aromatic heterocycles. The summed E-state index contributed by atoms with van der Waals surface area (Å²) in [4.78, 5) is 13.3. The number of anilines is 1. The lowest BCUT2D eigenvalue weighted by Gasteiger charge is -2.21. The topological polar surface area (TPSA) is 32.3 Å². The maximum atomic E-state index is 13.1. The first-order valence-electron chi connectivity index (χ1n) is 5.39. The summed E-state index contributed by atoms with van der Waals surface area (Å²) >= 11 is 0. The van der Waals surface area contributed by atoms with Gasteiger partial charge in [-0.15, -0.1) is 6.42 Å². The molecule has 1 aromatic rings. The minimum absolute atomic E-state index is 0.131. The SMILES string of the molecule is C#CCNCC(=O)N(CC)c1cccc(F)c1. The highest BCUT2D eigenvalue weighted by atomic mass is 19.1. The third-order valence-electron chi connectivity index (χ3n) is 2.24. The molecule has 3 nitrogen and oxygen atoms in total. The van der Waals surface area contributed by atoms with E-state index in [0.29, 0.717) is 18.8 Å². The summed E-state index contributed by atoms with van der Waals surface area (Å²) < 4.78 is 13.1. The molecule has 1 amide bonds. The molecule has 0 spiro atoms. The fourth-order valence-corrected chi connectivity index (χ4v) is 1.48. The van der Waals surface area contributed by atoms with E-state index in [0.717, 1.165) is 0 Å². The maximum Gasteiger partial charge on any atom is 0.240 e. The summed E-state index contributed by atoms with van der Waals surface area (Å²) in [5, 5.41) is 2.81. The van der Waals surface area contributed by atoms with Crippen LogP contribution in [0.4, 0.5) is 10.1 Å². The zero-order valence-corrected chi connectivity index (χ0v) is 9.74. The Hall–Kier alpha value is -1.86. The first kappa shape index (κ1) is 13.2. The van der Waals surface area contributed by atoms with Crippen LogP contribution in [0.1, 0.15) is 6.92 Å². The van der Waals surface area contributed by atoms with Gasteiger partial charge in [0.05, 0.1) is 13.1 Å². The Kier molecular flexibility index (Phi) is 5.18. The monoisotopic (exact) mass is 234 g/mol. The fraction of sp³-hybridized carbons (Fsp3) is 0.308. The van der Waals surface area contributed by atoms with Crippen molar-refractivity contribution in [3.05, 3.63) is 30.1 Å². The van der Waals surface area contributed by atoms with E-state index in [2.05, 4.69) is 11.2 Å². The molecule has 0 unspecified atom stereocenters. The molecule has 0 saturated heterocycles. The largest absolute Gasteiger partial charge is 0.311 e. The number of carbonyl (C=O) groups excluding carboxylic acids is 1. The van der Waals surface area contributed by atoms with E-state index in [1.807, 2.05) is 6.92 Å². The van der Waals surface area contributed by atoms with Crippen molar-refractivity contribution in [1.82, 2.24) is 5.32 Å². The smallest absolute Gasteiger partial charge is 0.240 e. The molecule has 0 heterocycles. The van der Waals surface area contributed by atoms with Crippen molar-refractivity contribution < 1.29 is 9.18 Å². The summed E-state index contributed by atoms with van der Waals surface area (Å²) in [5.41, 5.74) is 0.556. The number of likely N-dealkylation sites (N-methyl/N-ethyl adjacent to an activating group) is 1. The quantitative estimate of drug-likeness (QED) is 0.617. The summed E-state index contributed by atoms with van der Waals surface area (Å²) in [6.45, 7) is 2.81. The van der Waals surface area contributed by atoms with Crippen LogP contribution in [0.2, 0.25) is 0 Å². The van der Waals surface area contributed by atoms with Gasteiger partial charge in [-0.3, -0.25) is 10.1 Å². The van der Waals surface area contributed by atoms with Gasteiger partial charge in [-0.1, -0.05) is 12.0 Å². The van der Waals surface area contributed by atoms with Crippen LogP contribution >= 0.6 is 0 Å². The molecule has 17 heavy (non-hydrogen) atoms. The second-order valence-electron chi connectivity index (χ2n) is 3.43. The molecule has 0 fully saturated rings. The van der Waals surface area contributed by atoms with Gasteiger partial charge in [0, 0.05) is 12.2 Å². The average molecular weight is 234 g/mol. The van der Waals surface area contributed by atoms with Crippen molar-refractivity contribution >= 4 is 11.6 Å². The standard InChI is InChI=1S/C13H15FN2O/c1-3-8-15-10-13(17)16(4-2)12-7-5-6-11(14)9-12/h1,5-7,9,15H,4,8,10H2,2H3. The Morgan fingerprint density at radius 2 is 2.35 bits per heavy atom. The number of terminal acetylenes is 1. The summed E-state index contributed by atoms with van der Waals surface area (Å²) in [6.07, 6.45) is 5.07. The third-order valence-corrected chi connectivity index (χ3v) is 2.24. The molecule has 90 valence electrons. The second kappa shape index (κ2) is 6.66. The van der Waals surface area contributed by atoms with E-state index in [9.17, 15) is 9.18 Å². The molecule has 0 atom stereocenters. The Morgan fingerprint density at radius 3 is 2.94 bits per heavy atom. The van der Waals surface area contributed by atoms with Crippen molar-refractivity contribution in [3.63, 3.8) is 0 Å². The van der Waals surface area contributed by atoms with E-state index in [-0.39, 0.29) is 18.3 Å². The number of carbonyl (C=O) groups is 1. The van der Waals surface area contributed by atoms with Gasteiger partial charge >= 0.3 is 0 Å². The maximum absolute atomic E-state index is 13.1. The van der Waals surface area contributed by atoms with Crippen molar-refractivity contribution in [2.75, 3.05) is 24.5 Å². The van der Waals surface area contributed by atoms with Gasteiger partial charge in [-0.2, -0.15) is 0 Å². The van der Waals surface area contributed by atoms with Gasteiger partial charge in [-0.05, 0) is 25.1 Å². The average Bonchev–Trinajstić information content (AvgIpc) is 2.30. The van der Waals surface area contributed by atoms with Crippen LogP contribution in [-0.4, -0.2) is 25.5 Å². The molecule has 0 aliphatic heterocycles. The minimum atomic E-state index is -0.356. The number of benzene rings is 1. The first-order chi connectivity index (χ1) is 8.19. The van der Waals surface area contributed by atoms with E-state index in [1.54, 1.807) is 12.1 Å². The minimum Gasteiger partial charge on any atom is -0.311 e. The summed E-state index contributed by atoms with van der Waals surface area (Å²) in [6, 6.07) is 5.96. The normalized spacial score (nSPS) is 9.71. The Labute approximate surface area is 101 Å². The number of nitrogens with one attached hydrogen (secondary N) is 1. The van der Waals surface area contributed by atoms with Gasteiger partial charge in [0.2, 0.25) is 5.91 Å². The first-order valence-corrected chi connectivity index (χ1v) is 5.39. The summed E-state index contributed by atoms with van der Waals surface area (Å²) in [5.74, 6) is 1.90. The van der Waals surface area contributed by atoms with Gasteiger partial charge < -0.3 is 4.90 Å². The molecular formula is C13H15FN2O. The van der Waals surface area contributed by atoms with E-state index in [1.165, 1.54) is 17.0 Å². The Balaban J connectivity index is 2.71. The predicted octanol–water partition coefficient (Wildman–Crippen LogP) is 1.40. The lowest BCUT2D eigenvalue weighted by molar-refractivity contribution is -0.117. The predicted molar refractivity (Wildman–Crippen MR) is 66.1 cm³/mol. The zero-order chi connectivity index (χ0) is 12.7. The van der Waals surface area contributed by atoms with E-state index >= 15 is 0 Å². The molecule has 1 N–H and O–H groups in total. The zero-order valence-electron chi connectivity index (χ0n) is 9.74. The highest BCUT2D eigenvalue weighted by molar-refractivity contribution is 5.94. The van der Waals surface area contributed by atoms with Crippen molar-refractivity contribution in [3.8, 4) is 12.3 Å². The number of halogens is 1. The molecule has 1 aromatic carbocycles. The Morgan fingerprint density at radius 1 is 1.59 bits per heavy atom. The highest BCUT2D eigenvalue weighted by Crippen LogP contribution is 2.15. The van der Waals surface area contributed by atoms with Crippen molar-refractivity contribution in [2.45, 2.75) is 6.92 Å². The lowest BCUT2D eigenvalue weighted by atomic mass is 10.2. The van der Waals surface area contributed by atoms with Crippen LogP contribution in [0.3, 0.4) is 0 Å². The van der Waals surface area contributed by atoms with Gasteiger partial charge in [0.15, 0.2) is 0 Å². The number of rotatable bonds is 5. The van der Waals surface area contributed by atoms with Crippen LogP contribution in [0.5, 0.6) is 0 Å². The second-order valence-corrected chi connectivity index (χ2v) is 3.43. The van der Waals surface area contributed by atoms with Gasteiger partial charge in [0.25, 0.3) is 0 Å². The number of hydrogen-bond acceptors (Lipinski definition) is 2. The van der Waals surface area contributed by atoms with Crippen LogP contribution in [0.25, 0.3) is 0 Å². The molecule has 0 saturated carbocycles. The lowest BCUT2D eigenvalue weighted by Crippen LogP contribution is -2.38. The molecule has 0 radical (unpaired) electrons. The van der Waals surface area contributed by atoms with Crippen molar-refractivity contribution in [2.24, 2.45) is 0 Å². The molecule has 0 aliphatic rings. The molecular weight excluding hydrogens is 219 g/mol. The highest BCUT2D eigenvalue weighted by Gasteiger charge is 2.13. The number of nitrogens with zero attached hydrogens (tertiary/aromatic N) is 1. The van der Waals surface area contributed by atoms with E-state index in [4.69, 9.17) is 6.42 Å². The van der Waals surface area contributed by atoms with Gasteiger partial charge in [0.1, 0.15) is 5.82 Å². The summed E-state index contributed by atoms with van der Waals surface area (Å²) in [7, 11) is 0. The number of hydrogen-bond donors (Lipinski definition) is 1. The molecule has 4 heteroatoms. The van der Waals surface area contributed by atoms with Crippen molar-refractivity contribution in [1.29, 1.82) is 0 Å². The van der Waals surface area contributed by atoms with Gasteiger partial charge in [-0.25, -0.2) is 4.39 Å². The number of amides is 1. The van der Waals surface area contributed by atoms with Crippen LogP contribution in [-0.2, 0) is 4.79 Å². The fourth-order valence-electron chi connectivity index (χ4n) is 1.48. The molecule has 0 bridgehead atoms. The van der Waals surface area contributed by atoms with Crippen LogP contribution < -0.4 is 10.2 Å². The van der Waals surface area contributed by atoms with E-state index < -0.39 is 0 Å². The Bertz CT molecular complexity index is 426.